The number of aromatic nitrogens is 1. The van der Waals surface area contributed by atoms with Gasteiger partial charge in [0.15, 0.2) is 0 Å². The van der Waals surface area contributed by atoms with E-state index in [9.17, 15) is 4.39 Å². The van der Waals surface area contributed by atoms with Crippen molar-refractivity contribution in [3.05, 3.63) is 35.8 Å². The first-order valence-electron chi connectivity index (χ1n) is 5.24. The third-order valence-electron chi connectivity index (χ3n) is 2.57. The maximum Gasteiger partial charge on any atom is 0.124 e. The molecule has 0 spiro atoms. The highest BCUT2D eigenvalue weighted by molar-refractivity contribution is 5.90. The molecule has 0 aliphatic carbocycles. The molecule has 3 heteroatoms. The summed E-state index contributed by atoms with van der Waals surface area (Å²) in [5.74, 6) is -0.287. The van der Waals surface area contributed by atoms with Crippen LogP contribution in [0.3, 0.4) is 0 Å². The molecule has 2 aromatic rings. The molecule has 0 unspecified atom stereocenters. The Kier molecular flexibility index (Phi) is 2.34. The van der Waals surface area contributed by atoms with Crippen molar-refractivity contribution >= 4 is 16.6 Å². The van der Waals surface area contributed by atoms with Crippen molar-refractivity contribution in [2.75, 3.05) is 5.73 Å². The minimum Gasteiger partial charge on any atom is -0.398 e. The van der Waals surface area contributed by atoms with Crippen LogP contribution >= 0.6 is 0 Å². The van der Waals surface area contributed by atoms with Gasteiger partial charge in [-0.25, -0.2) is 4.39 Å². The van der Waals surface area contributed by atoms with Crippen LogP contribution in [0, 0.1) is 5.82 Å². The summed E-state index contributed by atoms with van der Waals surface area (Å²) in [6, 6.07) is 6.31. The number of rotatable bonds is 0. The van der Waals surface area contributed by atoms with Gasteiger partial charge in [0.25, 0.3) is 0 Å². The van der Waals surface area contributed by atoms with E-state index in [2.05, 4.69) is 25.8 Å². The number of anilines is 1. The number of fused-ring (bicyclic) bond motifs is 1. The zero-order chi connectivity index (χ0) is 11.9. The van der Waals surface area contributed by atoms with Gasteiger partial charge in [-0.15, -0.1) is 0 Å². The standard InChI is InChI=1S/C13H15FN2/c1-13(2,3)12-7-10(15)9-6-8(14)4-5-11(9)16-12/h4-7H,1-3H3,(H2,15,16). The van der Waals surface area contributed by atoms with Gasteiger partial charge in [-0.3, -0.25) is 4.98 Å². The first-order valence-corrected chi connectivity index (χ1v) is 5.24. The van der Waals surface area contributed by atoms with Gasteiger partial charge in [-0.05, 0) is 24.3 Å². The molecule has 0 amide bonds. The number of hydrogen-bond acceptors (Lipinski definition) is 2. The molecule has 0 bridgehead atoms. The number of nitrogens with zero attached hydrogens (tertiary/aromatic N) is 1. The van der Waals surface area contributed by atoms with Gasteiger partial charge in [-0.1, -0.05) is 20.8 Å². The SMILES string of the molecule is CC(C)(C)c1cc(N)c2cc(F)ccc2n1. The summed E-state index contributed by atoms with van der Waals surface area (Å²) < 4.78 is 13.1. The molecule has 1 heterocycles. The van der Waals surface area contributed by atoms with Gasteiger partial charge in [0.2, 0.25) is 0 Å². The Hall–Kier alpha value is -1.64. The molecule has 2 N–H and O–H groups in total. The molecule has 84 valence electrons. The topological polar surface area (TPSA) is 38.9 Å². The molecule has 0 aliphatic rings. The zero-order valence-electron chi connectivity index (χ0n) is 9.71. The highest BCUT2D eigenvalue weighted by Gasteiger charge is 2.17. The lowest BCUT2D eigenvalue weighted by molar-refractivity contribution is 0.572. The number of nitrogen functional groups attached to an aromatic ring is 1. The van der Waals surface area contributed by atoms with Crippen LogP contribution in [0.15, 0.2) is 24.3 Å². The van der Waals surface area contributed by atoms with Crippen molar-refractivity contribution in [2.24, 2.45) is 0 Å². The van der Waals surface area contributed by atoms with E-state index in [4.69, 9.17) is 5.73 Å². The molecular formula is C13H15FN2. The molecule has 0 saturated heterocycles. The fourth-order valence-electron chi connectivity index (χ4n) is 1.61. The number of pyridine rings is 1. The van der Waals surface area contributed by atoms with Gasteiger partial charge in [0, 0.05) is 22.2 Å². The summed E-state index contributed by atoms with van der Waals surface area (Å²) >= 11 is 0. The Morgan fingerprint density at radius 2 is 1.88 bits per heavy atom. The second kappa shape index (κ2) is 3.44. The van der Waals surface area contributed by atoms with Gasteiger partial charge in [0.1, 0.15) is 5.82 Å². The number of halogens is 1. The lowest BCUT2D eigenvalue weighted by atomic mass is 9.91. The van der Waals surface area contributed by atoms with E-state index in [-0.39, 0.29) is 11.2 Å². The van der Waals surface area contributed by atoms with Gasteiger partial charge in [0.05, 0.1) is 5.52 Å². The minimum atomic E-state index is -0.287. The van der Waals surface area contributed by atoms with Gasteiger partial charge < -0.3 is 5.73 Å². The van der Waals surface area contributed by atoms with Crippen LogP contribution in [0.5, 0.6) is 0 Å². The summed E-state index contributed by atoms with van der Waals surface area (Å²) in [6.07, 6.45) is 0. The van der Waals surface area contributed by atoms with Gasteiger partial charge >= 0.3 is 0 Å². The van der Waals surface area contributed by atoms with Crippen molar-refractivity contribution < 1.29 is 4.39 Å². The quantitative estimate of drug-likeness (QED) is 0.737. The summed E-state index contributed by atoms with van der Waals surface area (Å²) in [5.41, 5.74) is 8.10. The second-order valence-electron chi connectivity index (χ2n) is 5.01. The van der Waals surface area contributed by atoms with E-state index >= 15 is 0 Å². The smallest absolute Gasteiger partial charge is 0.124 e. The van der Waals surface area contributed by atoms with Crippen LogP contribution in [0.4, 0.5) is 10.1 Å². The highest BCUT2D eigenvalue weighted by atomic mass is 19.1. The van der Waals surface area contributed by atoms with Crippen LogP contribution in [0.2, 0.25) is 0 Å². The van der Waals surface area contributed by atoms with Crippen molar-refractivity contribution in [2.45, 2.75) is 26.2 Å². The van der Waals surface area contributed by atoms with Crippen LogP contribution in [-0.4, -0.2) is 4.98 Å². The normalized spacial score (nSPS) is 12.0. The molecule has 0 aliphatic heterocycles. The Bertz CT molecular complexity index is 541. The lowest BCUT2D eigenvalue weighted by Crippen LogP contribution is -2.14. The van der Waals surface area contributed by atoms with E-state index in [1.807, 2.05) is 6.07 Å². The summed E-state index contributed by atoms with van der Waals surface area (Å²) in [6.45, 7) is 6.22. The lowest BCUT2D eigenvalue weighted by Gasteiger charge is -2.19. The average Bonchev–Trinajstić information content (AvgIpc) is 2.17. The first kappa shape index (κ1) is 10.9. The molecule has 1 aromatic carbocycles. The van der Waals surface area contributed by atoms with E-state index in [0.717, 1.165) is 11.2 Å². The Morgan fingerprint density at radius 1 is 1.19 bits per heavy atom. The predicted octanol–water partition coefficient (Wildman–Crippen LogP) is 3.25. The second-order valence-corrected chi connectivity index (χ2v) is 5.01. The summed E-state index contributed by atoms with van der Waals surface area (Å²) in [5, 5.41) is 0.674. The van der Waals surface area contributed by atoms with E-state index < -0.39 is 0 Å². The minimum absolute atomic E-state index is 0.0588. The maximum absolute atomic E-state index is 13.1. The molecule has 2 nitrogen and oxygen atoms in total. The van der Waals surface area contributed by atoms with Crippen LogP contribution in [-0.2, 0) is 5.41 Å². The van der Waals surface area contributed by atoms with E-state index in [1.165, 1.54) is 12.1 Å². The summed E-state index contributed by atoms with van der Waals surface area (Å²) in [4.78, 5) is 4.50. The van der Waals surface area contributed by atoms with E-state index in [0.29, 0.717) is 11.1 Å². The molecule has 2 rings (SSSR count). The third-order valence-corrected chi connectivity index (χ3v) is 2.57. The number of hydrogen-bond donors (Lipinski definition) is 1. The Labute approximate surface area is 94.3 Å². The fourth-order valence-corrected chi connectivity index (χ4v) is 1.61. The molecule has 16 heavy (non-hydrogen) atoms. The predicted molar refractivity (Wildman–Crippen MR) is 64.8 cm³/mol. The highest BCUT2D eigenvalue weighted by Crippen LogP contribution is 2.27. The maximum atomic E-state index is 13.1. The largest absolute Gasteiger partial charge is 0.398 e. The summed E-state index contributed by atoms with van der Waals surface area (Å²) in [7, 11) is 0. The van der Waals surface area contributed by atoms with Gasteiger partial charge in [-0.2, -0.15) is 0 Å². The van der Waals surface area contributed by atoms with E-state index in [1.54, 1.807) is 6.07 Å². The van der Waals surface area contributed by atoms with Crippen molar-refractivity contribution in [1.29, 1.82) is 0 Å². The molecule has 0 saturated carbocycles. The van der Waals surface area contributed by atoms with Crippen molar-refractivity contribution in [1.82, 2.24) is 4.98 Å². The molecule has 0 fully saturated rings. The fraction of sp³-hybridized carbons (Fsp3) is 0.308. The molecular weight excluding hydrogens is 203 g/mol. The average molecular weight is 218 g/mol. The van der Waals surface area contributed by atoms with Crippen LogP contribution in [0.25, 0.3) is 10.9 Å². The monoisotopic (exact) mass is 218 g/mol. The van der Waals surface area contributed by atoms with Crippen LogP contribution < -0.4 is 5.73 Å². The molecule has 0 radical (unpaired) electrons. The van der Waals surface area contributed by atoms with Crippen molar-refractivity contribution in [3.63, 3.8) is 0 Å². The zero-order valence-corrected chi connectivity index (χ0v) is 9.71. The molecule has 0 atom stereocenters. The Balaban J connectivity index is 2.74. The van der Waals surface area contributed by atoms with Crippen molar-refractivity contribution in [3.8, 4) is 0 Å². The van der Waals surface area contributed by atoms with Crippen LogP contribution in [0.1, 0.15) is 26.5 Å². The Morgan fingerprint density at radius 3 is 2.50 bits per heavy atom. The number of benzene rings is 1. The molecule has 1 aromatic heterocycles. The first-order chi connectivity index (χ1) is 7.38. The number of nitrogens with two attached hydrogens (primary N) is 1. The third kappa shape index (κ3) is 1.85.